The molecule has 0 atom stereocenters. The van der Waals surface area contributed by atoms with Gasteiger partial charge in [0.15, 0.2) is 0 Å². The second-order valence-electron chi connectivity index (χ2n) is 7.14. The Labute approximate surface area is 154 Å². The Bertz CT molecular complexity index is 553. The van der Waals surface area contributed by atoms with Crippen LogP contribution in [0, 0.1) is 5.82 Å². The number of urea groups is 1. The molecule has 0 spiro atoms. The molecule has 2 aliphatic rings. The van der Waals surface area contributed by atoms with E-state index in [4.69, 9.17) is 9.47 Å². The highest BCUT2D eigenvalue weighted by Crippen LogP contribution is 2.19. The van der Waals surface area contributed by atoms with Crippen LogP contribution in [-0.2, 0) is 4.74 Å². The summed E-state index contributed by atoms with van der Waals surface area (Å²) >= 11 is 0. The van der Waals surface area contributed by atoms with E-state index in [1.54, 1.807) is 12.1 Å². The van der Waals surface area contributed by atoms with Crippen LogP contribution in [0.4, 0.5) is 9.18 Å². The average Bonchev–Trinajstić information content (AvgIpc) is 2.68. The highest BCUT2D eigenvalue weighted by Gasteiger charge is 2.25. The number of rotatable bonds is 6. The molecule has 2 amide bonds. The smallest absolute Gasteiger partial charge is 0.317 e. The number of carbonyl (C=O) groups excluding carboxylic acids is 1. The highest BCUT2D eigenvalue weighted by molar-refractivity contribution is 5.74. The summed E-state index contributed by atoms with van der Waals surface area (Å²) in [6.07, 6.45) is 7.84. The number of amides is 2. The van der Waals surface area contributed by atoms with Crippen molar-refractivity contribution in [1.29, 1.82) is 0 Å². The molecule has 1 aromatic rings. The van der Waals surface area contributed by atoms with E-state index in [0.29, 0.717) is 25.0 Å². The van der Waals surface area contributed by atoms with Crippen molar-refractivity contribution in [3.05, 3.63) is 30.1 Å². The minimum atomic E-state index is -0.270. The van der Waals surface area contributed by atoms with Crippen molar-refractivity contribution in [1.82, 2.24) is 10.2 Å². The Morgan fingerprint density at radius 2 is 1.73 bits per heavy atom. The summed E-state index contributed by atoms with van der Waals surface area (Å²) in [5.74, 6) is 0.372. The molecule has 6 heteroatoms. The number of piperidine rings is 1. The maximum Gasteiger partial charge on any atom is 0.317 e. The van der Waals surface area contributed by atoms with E-state index in [1.165, 1.54) is 31.4 Å². The fourth-order valence-electron chi connectivity index (χ4n) is 3.64. The molecule has 0 bridgehead atoms. The van der Waals surface area contributed by atoms with Crippen LogP contribution >= 0.6 is 0 Å². The van der Waals surface area contributed by atoms with E-state index in [1.807, 2.05) is 4.90 Å². The topological polar surface area (TPSA) is 50.8 Å². The predicted octanol–water partition coefficient (Wildman–Crippen LogP) is 3.73. The van der Waals surface area contributed by atoms with Gasteiger partial charge < -0.3 is 19.7 Å². The first-order chi connectivity index (χ1) is 12.7. The number of likely N-dealkylation sites (tertiary alicyclic amines) is 1. The summed E-state index contributed by atoms with van der Waals surface area (Å²) in [4.78, 5) is 14.2. The van der Waals surface area contributed by atoms with Gasteiger partial charge in [-0.25, -0.2) is 9.18 Å². The lowest BCUT2D eigenvalue weighted by atomic mass is 9.96. The Balaban J connectivity index is 1.28. The zero-order valence-corrected chi connectivity index (χ0v) is 15.3. The SMILES string of the molecule is O=C(NC1CCCCC1)N1CCC(OCCOc2ccc(F)cc2)CC1. The van der Waals surface area contributed by atoms with E-state index in [-0.39, 0.29) is 18.0 Å². The molecule has 0 aromatic heterocycles. The molecular weight excluding hydrogens is 335 g/mol. The Morgan fingerprint density at radius 3 is 2.42 bits per heavy atom. The molecule has 5 nitrogen and oxygen atoms in total. The van der Waals surface area contributed by atoms with Gasteiger partial charge >= 0.3 is 6.03 Å². The lowest BCUT2D eigenvalue weighted by Gasteiger charge is -2.33. The van der Waals surface area contributed by atoms with Gasteiger partial charge in [0.1, 0.15) is 18.2 Å². The average molecular weight is 364 g/mol. The lowest BCUT2D eigenvalue weighted by Crippen LogP contribution is -2.49. The van der Waals surface area contributed by atoms with Crippen LogP contribution in [-0.4, -0.2) is 49.4 Å². The molecule has 1 aromatic carbocycles. The maximum atomic E-state index is 12.8. The van der Waals surface area contributed by atoms with E-state index < -0.39 is 0 Å². The number of benzene rings is 1. The molecule has 0 unspecified atom stereocenters. The molecule has 144 valence electrons. The van der Waals surface area contributed by atoms with Gasteiger partial charge in [-0.05, 0) is 49.9 Å². The molecule has 1 aliphatic carbocycles. The van der Waals surface area contributed by atoms with Crippen LogP contribution in [0.5, 0.6) is 5.75 Å². The lowest BCUT2D eigenvalue weighted by molar-refractivity contribution is 0.00165. The summed E-state index contributed by atoms with van der Waals surface area (Å²) in [7, 11) is 0. The van der Waals surface area contributed by atoms with Crippen LogP contribution in [0.2, 0.25) is 0 Å². The van der Waals surface area contributed by atoms with Gasteiger partial charge in [0, 0.05) is 19.1 Å². The molecule has 26 heavy (non-hydrogen) atoms. The zero-order chi connectivity index (χ0) is 18.2. The first kappa shape index (κ1) is 19.0. The van der Waals surface area contributed by atoms with Gasteiger partial charge in [-0.1, -0.05) is 19.3 Å². The van der Waals surface area contributed by atoms with Gasteiger partial charge in [-0.15, -0.1) is 0 Å². The second kappa shape index (κ2) is 9.76. The zero-order valence-electron chi connectivity index (χ0n) is 15.3. The molecule has 1 saturated carbocycles. The number of hydrogen-bond donors (Lipinski definition) is 1. The monoisotopic (exact) mass is 364 g/mol. The van der Waals surface area contributed by atoms with Crippen LogP contribution in [0.3, 0.4) is 0 Å². The normalized spacial score (nSPS) is 19.3. The highest BCUT2D eigenvalue weighted by atomic mass is 19.1. The van der Waals surface area contributed by atoms with E-state index >= 15 is 0 Å². The summed E-state index contributed by atoms with van der Waals surface area (Å²) in [5, 5.41) is 3.18. The molecule has 1 heterocycles. The van der Waals surface area contributed by atoms with Crippen molar-refractivity contribution >= 4 is 6.03 Å². The van der Waals surface area contributed by atoms with Crippen molar-refractivity contribution in [3.63, 3.8) is 0 Å². The van der Waals surface area contributed by atoms with Gasteiger partial charge in [0.05, 0.1) is 12.7 Å². The Kier molecular flexibility index (Phi) is 7.12. The minimum Gasteiger partial charge on any atom is -0.491 e. The van der Waals surface area contributed by atoms with Crippen LogP contribution < -0.4 is 10.1 Å². The van der Waals surface area contributed by atoms with Gasteiger partial charge in [-0.3, -0.25) is 0 Å². The minimum absolute atomic E-state index is 0.0787. The molecule has 1 N–H and O–H groups in total. The third-order valence-corrected chi connectivity index (χ3v) is 5.18. The number of nitrogens with zero attached hydrogens (tertiary/aromatic N) is 1. The third kappa shape index (κ3) is 5.87. The van der Waals surface area contributed by atoms with Crippen LogP contribution in [0.25, 0.3) is 0 Å². The fraction of sp³-hybridized carbons (Fsp3) is 0.650. The van der Waals surface area contributed by atoms with Crippen LogP contribution in [0.1, 0.15) is 44.9 Å². The summed E-state index contributed by atoms with van der Waals surface area (Å²) < 4.78 is 24.2. The van der Waals surface area contributed by atoms with Gasteiger partial charge in [0.2, 0.25) is 0 Å². The summed E-state index contributed by atoms with van der Waals surface area (Å²) in [5.41, 5.74) is 0. The first-order valence-corrected chi connectivity index (χ1v) is 9.76. The predicted molar refractivity (Wildman–Crippen MR) is 97.8 cm³/mol. The van der Waals surface area contributed by atoms with Crippen LogP contribution in [0.15, 0.2) is 24.3 Å². The molecule has 2 fully saturated rings. The van der Waals surface area contributed by atoms with Crippen molar-refractivity contribution < 1.29 is 18.7 Å². The molecule has 0 radical (unpaired) electrons. The number of ether oxygens (including phenoxy) is 2. The number of carbonyl (C=O) groups is 1. The van der Waals surface area contributed by atoms with Crippen molar-refractivity contribution in [2.24, 2.45) is 0 Å². The molecule has 1 aliphatic heterocycles. The maximum absolute atomic E-state index is 12.8. The van der Waals surface area contributed by atoms with E-state index in [2.05, 4.69) is 5.32 Å². The van der Waals surface area contributed by atoms with Crippen molar-refractivity contribution in [2.75, 3.05) is 26.3 Å². The van der Waals surface area contributed by atoms with Crippen molar-refractivity contribution in [3.8, 4) is 5.75 Å². The Hall–Kier alpha value is -1.82. The molecular formula is C20H29FN2O3. The largest absolute Gasteiger partial charge is 0.491 e. The van der Waals surface area contributed by atoms with Crippen molar-refractivity contribution in [2.45, 2.75) is 57.1 Å². The molecule has 3 rings (SSSR count). The Morgan fingerprint density at radius 1 is 1.04 bits per heavy atom. The number of hydrogen-bond acceptors (Lipinski definition) is 3. The summed E-state index contributed by atoms with van der Waals surface area (Å²) in [6, 6.07) is 6.41. The van der Waals surface area contributed by atoms with E-state index in [9.17, 15) is 9.18 Å². The van der Waals surface area contributed by atoms with E-state index in [0.717, 1.165) is 38.8 Å². The van der Waals surface area contributed by atoms with Gasteiger partial charge in [-0.2, -0.15) is 0 Å². The quantitative estimate of drug-likeness (QED) is 0.783. The molecule has 1 saturated heterocycles. The second-order valence-corrected chi connectivity index (χ2v) is 7.14. The number of nitrogens with one attached hydrogen (secondary N) is 1. The third-order valence-electron chi connectivity index (χ3n) is 5.18. The van der Waals surface area contributed by atoms with Gasteiger partial charge in [0.25, 0.3) is 0 Å². The standard InChI is InChI=1S/C20H29FN2O3/c21-16-6-8-18(9-7-16)25-14-15-26-19-10-12-23(13-11-19)20(24)22-17-4-2-1-3-5-17/h6-9,17,19H,1-5,10-15H2,(H,22,24). The number of halogens is 1. The first-order valence-electron chi connectivity index (χ1n) is 9.76. The fourth-order valence-corrected chi connectivity index (χ4v) is 3.64. The summed E-state index contributed by atoms with van der Waals surface area (Å²) in [6.45, 7) is 2.41.